The normalized spacial score (nSPS) is 14.0. The summed E-state index contributed by atoms with van der Waals surface area (Å²) in [5.74, 6) is 2.23. The van der Waals surface area contributed by atoms with Crippen LogP contribution in [0.2, 0.25) is 5.02 Å². The van der Waals surface area contributed by atoms with Gasteiger partial charge in [0.25, 0.3) is 0 Å². The van der Waals surface area contributed by atoms with Crippen molar-refractivity contribution < 1.29 is 18.8 Å². The monoisotopic (exact) mass is 425 g/mol. The van der Waals surface area contributed by atoms with Crippen LogP contribution in [0.3, 0.4) is 0 Å². The van der Waals surface area contributed by atoms with Gasteiger partial charge < -0.3 is 18.9 Å². The van der Waals surface area contributed by atoms with Gasteiger partial charge in [0.2, 0.25) is 17.6 Å². The Hall–Kier alpha value is -3.32. The van der Waals surface area contributed by atoms with Crippen molar-refractivity contribution in [2.24, 2.45) is 0 Å². The number of ether oxygens (including phenoxy) is 2. The van der Waals surface area contributed by atoms with Gasteiger partial charge >= 0.3 is 0 Å². The number of hydrogen-bond acceptors (Lipinski definition) is 6. The van der Waals surface area contributed by atoms with Gasteiger partial charge in [0.1, 0.15) is 0 Å². The predicted molar refractivity (Wildman–Crippen MR) is 113 cm³/mol. The predicted octanol–water partition coefficient (Wildman–Crippen LogP) is 4.05. The zero-order chi connectivity index (χ0) is 21.1. The molecule has 1 aliphatic heterocycles. The Kier molecular flexibility index (Phi) is 5.72. The zero-order valence-electron chi connectivity index (χ0n) is 16.5. The quantitative estimate of drug-likeness (QED) is 0.554. The second kappa shape index (κ2) is 8.59. The van der Waals surface area contributed by atoms with Crippen LogP contribution >= 0.6 is 11.6 Å². The summed E-state index contributed by atoms with van der Waals surface area (Å²) >= 11 is 6.01. The molecule has 1 amide bonds. The lowest BCUT2D eigenvalue weighted by Gasteiger charge is -2.36. The summed E-state index contributed by atoms with van der Waals surface area (Å²) in [4.78, 5) is 18.6. The molecular weight excluding hydrogens is 406 g/mol. The van der Waals surface area contributed by atoms with Crippen molar-refractivity contribution >= 4 is 23.6 Å². The molecule has 30 heavy (non-hydrogen) atoms. The van der Waals surface area contributed by atoms with E-state index in [9.17, 15) is 4.79 Å². The van der Waals surface area contributed by atoms with E-state index in [4.69, 9.17) is 25.6 Å². The third-order valence-corrected chi connectivity index (χ3v) is 5.13. The van der Waals surface area contributed by atoms with E-state index in [2.05, 4.69) is 10.1 Å². The number of nitrogens with zero attached hydrogens (tertiary/aromatic N) is 3. The Balaban J connectivity index is 1.35. The maximum atomic E-state index is 12.4. The van der Waals surface area contributed by atoms with Crippen molar-refractivity contribution in [3.05, 3.63) is 65.0 Å². The van der Waals surface area contributed by atoms with E-state index in [0.717, 1.165) is 11.1 Å². The molecule has 1 saturated heterocycles. The van der Waals surface area contributed by atoms with Crippen LogP contribution in [0.5, 0.6) is 11.5 Å². The molecule has 0 atom stereocenters. The Morgan fingerprint density at radius 1 is 1.17 bits per heavy atom. The first-order valence-corrected chi connectivity index (χ1v) is 9.73. The molecule has 154 valence electrons. The molecule has 0 spiro atoms. The maximum Gasteiger partial charge on any atom is 0.246 e. The fourth-order valence-corrected chi connectivity index (χ4v) is 3.38. The van der Waals surface area contributed by atoms with E-state index in [1.54, 1.807) is 49.5 Å². The van der Waals surface area contributed by atoms with E-state index in [1.807, 2.05) is 24.3 Å². The number of halogens is 1. The largest absolute Gasteiger partial charge is 0.493 e. The highest BCUT2D eigenvalue weighted by Crippen LogP contribution is 2.30. The summed E-state index contributed by atoms with van der Waals surface area (Å²) < 4.78 is 15.9. The van der Waals surface area contributed by atoms with Crippen LogP contribution in [0.15, 0.2) is 53.1 Å². The van der Waals surface area contributed by atoms with Crippen LogP contribution in [0.1, 0.15) is 17.4 Å². The molecule has 0 aliphatic carbocycles. The minimum Gasteiger partial charge on any atom is -0.493 e. The molecule has 0 N–H and O–H groups in total. The van der Waals surface area contributed by atoms with Crippen molar-refractivity contribution in [2.45, 2.75) is 5.92 Å². The van der Waals surface area contributed by atoms with E-state index in [0.29, 0.717) is 41.3 Å². The molecule has 2 aromatic carbocycles. The van der Waals surface area contributed by atoms with Crippen molar-refractivity contribution in [1.29, 1.82) is 0 Å². The first kappa shape index (κ1) is 20.0. The Bertz CT molecular complexity index is 1090. The fraction of sp³-hybridized carbons (Fsp3) is 0.227. The van der Waals surface area contributed by atoms with Gasteiger partial charge in [-0.15, -0.1) is 0 Å². The summed E-state index contributed by atoms with van der Waals surface area (Å²) in [5.41, 5.74) is 1.64. The molecule has 0 unspecified atom stereocenters. The summed E-state index contributed by atoms with van der Waals surface area (Å²) in [5, 5.41) is 4.63. The lowest BCUT2D eigenvalue weighted by molar-refractivity contribution is -0.130. The van der Waals surface area contributed by atoms with Crippen molar-refractivity contribution in [2.75, 3.05) is 27.3 Å². The number of likely N-dealkylation sites (tertiary alicyclic amines) is 1. The molecule has 1 fully saturated rings. The topological polar surface area (TPSA) is 77.7 Å². The van der Waals surface area contributed by atoms with E-state index >= 15 is 0 Å². The molecule has 4 rings (SSSR count). The van der Waals surface area contributed by atoms with Crippen LogP contribution in [0, 0.1) is 0 Å². The molecular formula is C22H20ClN3O4. The minimum absolute atomic E-state index is 0.0314. The number of carbonyl (C=O) groups is 1. The van der Waals surface area contributed by atoms with Crippen LogP contribution in [-0.4, -0.2) is 48.3 Å². The molecule has 1 aliphatic rings. The third-order valence-electron chi connectivity index (χ3n) is 4.89. The lowest BCUT2D eigenvalue weighted by atomic mass is 10.00. The molecule has 0 saturated carbocycles. The van der Waals surface area contributed by atoms with Crippen LogP contribution < -0.4 is 9.47 Å². The molecule has 8 heteroatoms. The number of rotatable bonds is 6. The number of methoxy groups -OCH3 is 2. The summed E-state index contributed by atoms with van der Waals surface area (Å²) in [6.07, 6.45) is 3.30. The first-order chi connectivity index (χ1) is 14.6. The van der Waals surface area contributed by atoms with E-state index < -0.39 is 0 Å². The fourth-order valence-electron chi connectivity index (χ4n) is 3.19. The number of benzene rings is 2. The summed E-state index contributed by atoms with van der Waals surface area (Å²) in [6, 6.07) is 12.8. The van der Waals surface area contributed by atoms with Gasteiger partial charge in [-0.25, -0.2) is 0 Å². The van der Waals surface area contributed by atoms with Gasteiger partial charge in [-0.1, -0.05) is 35.0 Å². The van der Waals surface area contributed by atoms with E-state index in [1.165, 1.54) is 0 Å². The Morgan fingerprint density at radius 2 is 1.97 bits per heavy atom. The lowest BCUT2D eigenvalue weighted by Crippen LogP contribution is -2.47. The van der Waals surface area contributed by atoms with Gasteiger partial charge in [-0.05, 0) is 35.9 Å². The molecule has 1 aromatic heterocycles. The highest BCUT2D eigenvalue weighted by atomic mass is 35.5. The van der Waals surface area contributed by atoms with Crippen molar-refractivity contribution in [3.8, 4) is 22.9 Å². The highest BCUT2D eigenvalue weighted by Gasteiger charge is 2.34. The molecule has 3 aromatic rings. The summed E-state index contributed by atoms with van der Waals surface area (Å²) in [6.45, 7) is 1.07. The Labute approximate surface area is 178 Å². The number of carbonyl (C=O) groups excluding carboxylic acids is 1. The molecule has 0 bridgehead atoms. The second-order valence-electron chi connectivity index (χ2n) is 6.85. The van der Waals surface area contributed by atoms with Crippen LogP contribution in [-0.2, 0) is 4.79 Å². The van der Waals surface area contributed by atoms with Crippen LogP contribution in [0.4, 0.5) is 0 Å². The Morgan fingerprint density at radius 3 is 2.70 bits per heavy atom. The van der Waals surface area contributed by atoms with Gasteiger partial charge in [0.15, 0.2) is 11.5 Å². The zero-order valence-corrected chi connectivity index (χ0v) is 17.3. The van der Waals surface area contributed by atoms with Crippen molar-refractivity contribution in [3.63, 3.8) is 0 Å². The average molecular weight is 426 g/mol. The molecule has 7 nitrogen and oxygen atoms in total. The van der Waals surface area contributed by atoms with Crippen LogP contribution in [0.25, 0.3) is 17.5 Å². The van der Waals surface area contributed by atoms with Gasteiger partial charge in [-0.2, -0.15) is 4.98 Å². The average Bonchev–Trinajstić information content (AvgIpc) is 3.20. The number of amides is 1. The van der Waals surface area contributed by atoms with Crippen molar-refractivity contribution in [1.82, 2.24) is 15.0 Å². The van der Waals surface area contributed by atoms with E-state index in [-0.39, 0.29) is 11.8 Å². The van der Waals surface area contributed by atoms with Gasteiger partial charge in [-0.3, -0.25) is 4.79 Å². The highest BCUT2D eigenvalue weighted by molar-refractivity contribution is 6.30. The SMILES string of the molecule is COc1ccc(/C=C/C(=O)N2CC(c3nc(-c4cccc(Cl)c4)no3)C2)cc1OC. The maximum absolute atomic E-state index is 12.4. The standard InChI is InChI=1S/C22H20ClN3O4/c1-28-18-8-6-14(10-19(18)29-2)7-9-20(27)26-12-16(13-26)22-24-21(25-30-22)15-4-3-5-17(23)11-15/h3-11,16H,12-13H2,1-2H3/b9-7+. The third kappa shape index (κ3) is 4.16. The van der Waals surface area contributed by atoms with Gasteiger partial charge in [0, 0.05) is 29.8 Å². The molecule has 2 heterocycles. The van der Waals surface area contributed by atoms with Gasteiger partial charge in [0.05, 0.1) is 20.1 Å². The second-order valence-corrected chi connectivity index (χ2v) is 7.29. The number of hydrogen-bond donors (Lipinski definition) is 0. The molecule has 0 radical (unpaired) electrons. The number of aromatic nitrogens is 2. The summed E-state index contributed by atoms with van der Waals surface area (Å²) in [7, 11) is 3.16. The first-order valence-electron chi connectivity index (χ1n) is 9.36. The smallest absolute Gasteiger partial charge is 0.246 e. The minimum atomic E-state index is -0.0735.